The molecule has 82 valence electrons. The molecule has 0 spiro atoms. The van der Waals surface area contributed by atoms with Crippen molar-refractivity contribution >= 4 is 0 Å². The molecule has 1 fully saturated rings. The Bertz CT molecular complexity index is 307. The molecule has 1 aromatic rings. The highest BCUT2D eigenvalue weighted by atomic mass is 16.5. The van der Waals surface area contributed by atoms with Crippen LogP contribution in [0, 0.1) is 5.92 Å². The van der Waals surface area contributed by atoms with Crippen LogP contribution < -0.4 is 0 Å². The minimum atomic E-state index is -0.257. The lowest BCUT2D eigenvalue weighted by molar-refractivity contribution is -0.0350. The monoisotopic (exact) mass is 208 g/mol. The summed E-state index contributed by atoms with van der Waals surface area (Å²) in [4.78, 5) is 0. The van der Waals surface area contributed by atoms with Gasteiger partial charge >= 0.3 is 0 Å². The van der Waals surface area contributed by atoms with E-state index >= 15 is 0 Å². The molecule has 1 aliphatic rings. The maximum Gasteiger partial charge on any atom is 0.115 e. The summed E-state index contributed by atoms with van der Waals surface area (Å²) in [6.07, 6.45) is 1.28. The van der Waals surface area contributed by atoms with Crippen molar-refractivity contribution in [1.29, 1.82) is 0 Å². The molecule has 0 amide bonds. The Morgan fingerprint density at radius 3 is 2.67 bits per heavy atom. The summed E-state index contributed by atoms with van der Waals surface area (Å²) in [5.74, 6) is 0.461. The van der Waals surface area contributed by atoms with Crippen LogP contribution in [0.2, 0.25) is 0 Å². The van der Waals surface area contributed by atoms with Gasteiger partial charge in [-0.1, -0.05) is 12.1 Å². The van der Waals surface area contributed by atoms with Crippen molar-refractivity contribution < 1.29 is 14.9 Å². The first-order valence-electron chi connectivity index (χ1n) is 5.29. The van der Waals surface area contributed by atoms with E-state index in [1.165, 1.54) is 0 Å². The van der Waals surface area contributed by atoms with Gasteiger partial charge in [-0.2, -0.15) is 0 Å². The second-order valence-corrected chi connectivity index (χ2v) is 4.06. The van der Waals surface area contributed by atoms with E-state index in [0.717, 1.165) is 18.4 Å². The second kappa shape index (κ2) is 4.64. The third-order valence-corrected chi connectivity index (χ3v) is 2.87. The van der Waals surface area contributed by atoms with Gasteiger partial charge in [0.25, 0.3) is 0 Å². The molecule has 3 heteroatoms. The summed E-state index contributed by atoms with van der Waals surface area (Å²) in [6, 6.07) is 7.12. The van der Waals surface area contributed by atoms with Crippen molar-refractivity contribution in [2.75, 3.05) is 13.2 Å². The minimum Gasteiger partial charge on any atom is -0.508 e. The molecule has 0 bridgehead atoms. The number of phenols is 1. The predicted octanol–water partition coefficient (Wildman–Crippen LogP) is 1.33. The van der Waals surface area contributed by atoms with Gasteiger partial charge in [-0.25, -0.2) is 0 Å². The average Bonchev–Trinajstić information content (AvgIpc) is 2.25. The number of benzene rings is 1. The second-order valence-electron chi connectivity index (χ2n) is 4.06. The smallest absolute Gasteiger partial charge is 0.115 e. The first kappa shape index (κ1) is 10.5. The van der Waals surface area contributed by atoms with Crippen molar-refractivity contribution in [3.8, 4) is 5.75 Å². The highest BCUT2D eigenvalue weighted by Gasteiger charge is 2.23. The van der Waals surface area contributed by atoms with Gasteiger partial charge in [0.1, 0.15) is 5.75 Å². The minimum absolute atomic E-state index is 0.184. The Balaban J connectivity index is 1.98. The number of aliphatic hydroxyl groups is 1. The van der Waals surface area contributed by atoms with E-state index in [1.54, 1.807) is 12.1 Å². The lowest BCUT2D eigenvalue weighted by Gasteiger charge is -2.27. The zero-order chi connectivity index (χ0) is 10.7. The van der Waals surface area contributed by atoms with Crippen LogP contribution in [0.3, 0.4) is 0 Å². The fraction of sp³-hybridized carbons (Fsp3) is 0.500. The first-order chi connectivity index (χ1) is 7.25. The molecule has 0 aromatic heterocycles. The van der Waals surface area contributed by atoms with E-state index in [1.807, 2.05) is 12.1 Å². The zero-order valence-corrected chi connectivity index (χ0v) is 8.60. The Morgan fingerprint density at radius 1 is 1.27 bits per heavy atom. The van der Waals surface area contributed by atoms with E-state index in [-0.39, 0.29) is 17.8 Å². The fourth-order valence-electron chi connectivity index (χ4n) is 1.92. The van der Waals surface area contributed by atoms with Crippen molar-refractivity contribution in [2.24, 2.45) is 5.92 Å². The van der Waals surface area contributed by atoms with Gasteiger partial charge in [-0.15, -0.1) is 0 Å². The molecule has 2 rings (SSSR count). The van der Waals surface area contributed by atoms with E-state index < -0.39 is 0 Å². The summed E-state index contributed by atoms with van der Waals surface area (Å²) in [5.41, 5.74) is 1.13. The molecule has 2 unspecified atom stereocenters. The molecular weight excluding hydrogens is 192 g/mol. The Morgan fingerprint density at radius 2 is 2.00 bits per heavy atom. The summed E-state index contributed by atoms with van der Waals surface area (Å²) >= 11 is 0. The summed E-state index contributed by atoms with van der Waals surface area (Å²) < 4.78 is 5.34. The van der Waals surface area contributed by atoms with Crippen molar-refractivity contribution in [2.45, 2.75) is 18.9 Å². The average molecular weight is 208 g/mol. The highest BCUT2D eigenvalue weighted by Crippen LogP contribution is 2.20. The van der Waals surface area contributed by atoms with Crippen LogP contribution in [-0.2, 0) is 11.2 Å². The normalized spacial score (nSPS) is 26.5. The number of phenolic OH excluding ortho intramolecular Hbond substituents is 1. The number of hydrogen-bond acceptors (Lipinski definition) is 3. The molecule has 0 aliphatic carbocycles. The van der Waals surface area contributed by atoms with Crippen LogP contribution in [0.25, 0.3) is 0 Å². The van der Waals surface area contributed by atoms with E-state index in [0.29, 0.717) is 13.2 Å². The SMILES string of the molecule is Oc1ccc(CC2COCCC2O)cc1. The third-order valence-electron chi connectivity index (χ3n) is 2.87. The molecule has 0 saturated carbocycles. The van der Waals surface area contributed by atoms with Gasteiger partial charge in [0.05, 0.1) is 12.7 Å². The highest BCUT2D eigenvalue weighted by molar-refractivity contribution is 5.26. The van der Waals surface area contributed by atoms with Gasteiger partial charge in [0.2, 0.25) is 0 Å². The van der Waals surface area contributed by atoms with Crippen LogP contribution in [0.1, 0.15) is 12.0 Å². The third kappa shape index (κ3) is 2.70. The Labute approximate surface area is 89.3 Å². The molecule has 3 nitrogen and oxygen atoms in total. The van der Waals surface area contributed by atoms with Crippen LogP contribution in [-0.4, -0.2) is 29.5 Å². The van der Waals surface area contributed by atoms with Crippen LogP contribution in [0.4, 0.5) is 0 Å². The Hall–Kier alpha value is -1.06. The standard InChI is InChI=1S/C12H16O3/c13-11-3-1-9(2-4-11)7-10-8-15-6-5-12(10)14/h1-4,10,12-14H,5-8H2. The topological polar surface area (TPSA) is 49.7 Å². The Kier molecular flexibility index (Phi) is 3.23. The van der Waals surface area contributed by atoms with E-state index in [4.69, 9.17) is 9.84 Å². The van der Waals surface area contributed by atoms with E-state index in [2.05, 4.69) is 0 Å². The summed E-state index contributed by atoms with van der Waals surface area (Å²) in [6.45, 7) is 1.29. The molecule has 2 N–H and O–H groups in total. The summed E-state index contributed by atoms with van der Waals surface area (Å²) in [5, 5.41) is 18.9. The van der Waals surface area contributed by atoms with Gasteiger partial charge < -0.3 is 14.9 Å². The maximum absolute atomic E-state index is 9.76. The molecule has 0 radical (unpaired) electrons. The van der Waals surface area contributed by atoms with Crippen molar-refractivity contribution in [3.63, 3.8) is 0 Å². The molecular formula is C12H16O3. The van der Waals surface area contributed by atoms with Gasteiger partial charge in [0.15, 0.2) is 0 Å². The van der Waals surface area contributed by atoms with Gasteiger partial charge in [-0.05, 0) is 30.5 Å². The van der Waals surface area contributed by atoms with Crippen molar-refractivity contribution in [1.82, 2.24) is 0 Å². The summed E-state index contributed by atoms with van der Waals surface area (Å²) in [7, 11) is 0. The van der Waals surface area contributed by atoms with Crippen LogP contribution in [0.5, 0.6) is 5.75 Å². The van der Waals surface area contributed by atoms with Gasteiger partial charge in [-0.3, -0.25) is 0 Å². The molecule has 2 atom stereocenters. The number of rotatable bonds is 2. The quantitative estimate of drug-likeness (QED) is 0.771. The van der Waals surface area contributed by atoms with Crippen LogP contribution >= 0.6 is 0 Å². The number of ether oxygens (including phenoxy) is 1. The molecule has 1 aromatic carbocycles. The maximum atomic E-state index is 9.76. The van der Waals surface area contributed by atoms with Crippen molar-refractivity contribution in [3.05, 3.63) is 29.8 Å². The molecule has 1 heterocycles. The molecule has 1 saturated heterocycles. The number of aliphatic hydroxyl groups excluding tert-OH is 1. The predicted molar refractivity (Wildman–Crippen MR) is 56.7 cm³/mol. The number of hydrogen-bond donors (Lipinski definition) is 2. The lowest BCUT2D eigenvalue weighted by atomic mass is 9.91. The molecule has 15 heavy (non-hydrogen) atoms. The first-order valence-corrected chi connectivity index (χ1v) is 5.29. The van der Waals surface area contributed by atoms with Crippen LogP contribution in [0.15, 0.2) is 24.3 Å². The molecule has 1 aliphatic heterocycles. The van der Waals surface area contributed by atoms with Gasteiger partial charge in [0, 0.05) is 12.5 Å². The zero-order valence-electron chi connectivity index (χ0n) is 8.60. The lowest BCUT2D eigenvalue weighted by Crippen LogP contribution is -2.33. The largest absolute Gasteiger partial charge is 0.508 e. The van der Waals surface area contributed by atoms with E-state index in [9.17, 15) is 5.11 Å². The number of aromatic hydroxyl groups is 1. The fourth-order valence-corrected chi connectivity index (χ4v) is 1.92.